The predicted molar refractivity (Wildman–Crippen MR) is 179 cm³/mol. The van der Waals surface area contributed by atoms with Crippen LogP contribution in [0.1, 0.15) is 51.0 Å². The second-order valence-corrected chi connectivity index (χ2v) is 13.6. The third-order valence-corrected chi connectivity index (χ3v) is 10.7. The molecule has 250 valence electrons. The molecule has 7 rings (SSSR count). The fourth-order valence-electron chi connectivity index (χ4n) is 7.86. The van der Waals surface area contributed by atoms with E-state index in [4.69, 9.17) is 24.2 Å². The van der Waals surface area contributed by atoms with Gasteiger partial charge in [-0.05, 0) is 87.6 Å². The molecule has 0 amide bonds. The molecule has 2 aromatic carbocycles. The van der Waals surface area contributed by atoms with Crippen LogP contribution in [0.2, 0.25) is 0 Å². The summed E-state index contributed by atoms with van der Waals surface area (Å²) in [5, 5.41) is 5.82. The molecule has 1 saturated carbocycles. The van der Waals surface area contributed by atoms with Crippen molar-refractivity contribution in [2.24, 2.45) is 0 Å². The Kier molecular flexibility index (Phi) is 8.65. The fourth-order valence-corrected chi connectivity index (χ4v) is 7.86. The van der Waals surface area contributed by atoms with Gasteiger partial charge in [-0.1, -0.05) is 25.1 Å². The lowest BCUT2D eigenvalue weighted by Gasteiger charge is -2.47. The lowest BCUT2D eigenvalue weighted by atomic mass is 9.75. The van der Waals surface area contributed by atoms with Gasteiger partial charge < -0.3 is 24.4 Å². The van der Waals surface area contributed by atoms with E-state index < -0.39 is 12.0 Å². The number of alkyl halides is 1. The number of hydrogen-bond donors (Lipinski definition) is 1. The van der Waals surface area contributed by atoms with Crippen molar-refractivity contribution in [3.05, 3.63) is 47.9 Å². The Bertz CT molecular complexity index is 1780. The van der Waals surface area contributed by atoms with E-state index in [0.29, 0.717) is 42.0 Å². The van der Waals surface area contributed by atoms with Gasteiger partial charge in [-0.25, -0.2) is 8.78 Å². The number of benzene rings is 2. The predicted octanol–water partition coefficient (Wildman–Crippen LogP) is 6.38. The lowest BCUT2D eigenvalue weighted by molar-refractivity contribution is 0.0512. The summed E-state index contributed by atoms with van der Waals surface area (Å²) in [7, 11) is 5.74. The highest BCUT2D eigenvalue weighted by atomic mass is 19.1. The first-order chi connectivity index (χ1) is 22.8. The summed E-state index contributed by atoms with van der Waals surface area (Å²) in [5.74, 6) is 0.462. The second kappa shape index (κ2) is 12.7. The summed E-state index contributed by atoms with van der Waals surface area (Å²) < 4.78 is 48.7. The van der Waals surface area contributed by atoms with Crippen LogP contribution in [0.25, 0.3) is 32.9 Å². The van der Waals surface area contributed by atoms with Gasteiger partial charge in [0.05, 0.1) is 10.9 Å². The topological polar surface area (TPSA) is 84.9 Å². The van der Waals surface area contributed by atoms with E-state index >= 15 is 4.39 Å². The van der Waals surface area contributed by atoms with E-state index in [2.05, 4.69) is 41.1 Å². The van der Waals surface area contributed by atoms with Crippen molar-refractivity contribution in [1.82, 2.24) is 24.8 Å². The van der Waals surface area contributed by atoms with Crippen LogP contribution in [-0.4, -0.2) is 96.2 Å². The molecule has 0 unspecified atom stereocenters. The Morgan fingerprint density at radius 2 is 1.96 bits per heavy atom. The molecule has 9 nitrogen and oxygen atoms in total. The Hall–Kier alpha value is -3.67. The lowest BCUT2D eigenvalue weighted by Crippen LogP contribution is -2.54. The summed E-state index contributed by atoms with van der Waals surface area (Å²) >= 11 is 0. The number of aryl methyl sites for hydroxylation is 1. The number of aromatic nitrogens is 3. The largest absolute Gasteiger partial charge is 0.468 e. The van der Waals surface area contributed by atoms with Crippen molar-refractivity contribution in [3.63, 3.8) is 0 Å². The molecule has 2 aromatic heterocycles. The van der Waals surface area contributed by atoms with Crippen LogP contribution in [0.5, 0.6) is 11.8 Å². The number of likely N-dealkylation sites (N-methyl/N-ethyl adjacent to an activating group) is 1. The maximum Gasteiger partial charge on any atom is 0.319 e. The van der Waals surface area contributed by atoms with Crippen LogP contribution in [0.3, 0.4) is 0 Å². The van der Waals surface area contributed by atoms with E-state index in [0.717, 1.165) is 61.4 Å². The van der Waals surface area contributed by atoms with Crippen LogP contribution < -0.4 is 14.8 Å². The zero-order chi connectivity index (χ0) is 32.8. The average molecular weight is 647 g/mol. The molecule has 0 spiro atoms. The van der Waals surface area contributed by atoms with Crippen LogP contribution in [0.15, 0.2) is 36.5 Å². The van der Waals surface area contributed by atoms with E-state index in [-0.39, 0.29) is 41.7 Å². The minimum absolute atomic E-state index is 0.00832. The molecule has 0 bridgehead atoms. The molecule has 2 atom stereocenters. The van der Waals surface area contributed by atoms with Crippen LogP contribution >= 0.6 is 0 Å². The minimum atomic E-state index is -0.879. The van der Waals surface area contributed by atoms with E-state index in [1.54, 1.807) is 13.3 Å². The number of rotatable bonds is 12. The molecule has 3 fully saturated rings. The van der Waals surface area contributed by atoms with Crippen molar-refractivity contribution in [3.8, 4) is 23.0 Å². The van der Waals surface area contributed by atoms with Crippen molar-refractivity contribution in [2.45, 2.75) is 69.1 Å². The van der Waals surface area contributed by atoms with Crippen molar-refractivity contribution >= 4 is 27.5 Å². The quantitative estimate of drug-likeness (QED) is 0.176. The van der Waals surface area contributed by atoms with Gasteiger partial charge in [0.15, 0.2) is 12.6 Å². The van der Waals surface area contributed by atoms with Crippen LogP contribution in [0.4, 0.5) is 14.6 Å². The van der Waals surface area contributed by atoms with E-state index in [1.807, 2.05) is 30.3 Å². The monoisotopic (exact) mass is 646 g/mol. The van der Waals surface area contributed by atoms with E-state index in [9.17, 15) is 4.39 Å². The zero-order valence-corrected chi connectivity index (χ0v) is 27.7. The minimum Gasteiger partial charge on any atom is -0.468 e. The molecule has 2 aliphatic heterocycles. The number of ether oxygens (including phenoxy) is 3. The molecule has 0 radical (unpaired) electrons. The average Bonchev–Trinajstić information content (AvgIpc) is 3.57. The first-order valence-corrected chi connectivity index (χ1v) is 16.7. The number of anilines is 1. The smallest absolute Gasteiger partial charge is 0.319 e. The SMILES string of the molecule is CCc1cccc2cc(OCOC)cc(-c3ncc4c(NCC5(N(C)C)CCC5)nc(OC[C@@]56CCCN5C[C@H](F)C6)nc4c3F)c12. The Morgan fingerprint density at radius 3 is 2.70 bits per heavy atom. The van der Waals surface area contributed by atoms with Gasteiger partial charge >= 0.3 is 6.01 Å². The molecule has 1 aliphatic carbocycles. The van der Waals surface area contributed by atoms with Gasteiger partial charge in [0, 0.05) is 43.9 Å². The van der Waals surface area contributed by atoms with Gasteiger partial charge in [0.2, 0.25) is 0 Å². The molecular weight excluding hydrogens is 602 g/mol. The number of nitrogens with one attached hydrogen (secondary N) is 1. The number of halogens is 2. The highest BCUT2D eigenvalue weighted by Gasteiger charge is 2.49. The Balaban J connectivity index is 1.33. The fraction of sp³-hybridized carbons (Fsp3) is 0.528. The Morgan fingerprint density at radius 1 is 1.11 bits per heavy atom. The second-order valence-electron chi connectivity index (χ2n) is 13.6. The maximum atomic E-state index is 17.0. The maximum absolute atomic E-state index is 17.0. The summed E-state index contributed by atoms with van der Waals surface area (Å²) in [6.07, 6.45) is 7.09. The Labute approximate surface area is 274 Å². The first kappa shape index (κ1) is 31.9. The highest BCUT2D eigenvalue weighted by molar-refractivity contribution is 6.01. The van der Waals surface area contributed by atoms with Crippen LogP contribution in [0, 0.1) is 5.82 Å². The normalized spacial score (nSPS) is 22.1. The standard InChI is InChI=1S/C36H44F2N6O3/c1-5-23-9-6-10-24-15-26(47-22-45-4)16-27(29(23)24)31-30(38)32-28(18-39-31)33(40-20-35(43(2)3)11-7-12-35)42-34(41-32)46-21-36-13-8-14-44(36)19-25(37)17-36/h6,9-10,15-16,18,25H,5,7-8,11-14,17,19-22H2,1-4H3,(H,40,41,42)/t25-,36+/m1/s1. The van der Waals surface area contributed by atoms with Gasteiger partial charge in [-0.3, -0.25) is 9.88 Å². The molecule has 1 N–H and O–H groups in total. The highest BCUT2D eigenvalue weighted by Crippen LogP contribution is 2.42. The van der Waals surface area contributed by atoms with Gasteiger partial charge in [0.25, 0.3) is 0 Å². The molecule has 4 heterocycles. The summed E-state index contributed by atoms with van der Waals surface area (Å²) in [6.45, 7) is 4.31. The van der Waals surface area contributed by atoms with Gasteiger partial charge in [-0.15, -0.1) is 0 Å². The summed E-state index contributed by atoms with van der Waals surface area (Å²) in [4.78, 5) is 18.6. The van der Waals surface area contributed by atoms with Crippen molar-refractivity contribution in [2.75, 3.05) is 59.6 Å². The van der Waals surface area contributed by atoms with Gasteiger partial charge in [0.1, 0.15) is 35.6 Å². The number of pyridine rings is 1. The number of nitrogens with zero attached hydrogens (tertiary/aromatic N) is 5. The van der Waals surface area contributed by atoms with Crippen molar-refractivity contribution < 1.29 is 23.0 Å². The molecule has 4 aromatic rings. The third-order valence-electron chi connectivity index (χ3n) is 10.7. The number of fused-ring (bicyclic) bond motifs is 3. The number of methoxy groups -OCH3 is 1. The van der Waals surface area contributed by atoms with Gasteiger partial charge in [-0.2, -0.15) is 9.97 Å². The van der Waals surface area contributed by atoms with Crippen LogP contribution in [-0.2, 0) is 11.2 Å². The number of hydrogen-bond acceptors (Lipinski definition) is 9. The summed E-state index contributed by atoms with van der Waals surface area (Å²) in [5.41, 5.74) is 1.59. The summed E-state index contributed by atoms with van der Waals surface area (Å²) in [6, 6.07) is 9.85. The molecule has 11 heteroatoms. The van der Waals surface area contributed by atoms with E-state index in [1.165, 1.54) is 0 Å². The molecular formula is C36H44F2N6O3. The molecule has 47 heavy (non-hydrogen) atoms. The third kappa shape index (κ3) is 5.76. The first-order valence-electron chi connectivity index (χ1n) is 16.7. The zero-order valence-electron chi connectivity index (χ0n) is 27.7. The molecule has 3 aliphatic rings. The molecule has 2 saturated heterocycles. The van der Waals surface area contributed by atoms with Crippen molar-refractivity contribution in [1.29, 1.82) is 0 Å².